The van der Waals surface area contributed by atoms with Crippen molar-refractivity contribution < 1.29 is 9.90 Å². The Balaban J connectivity index is 1.91. The highest BCUT2D eigenvalue weighted by molar-refractivity contribution is 5.90. The molecule has 2 aliphatic rings. The van der Waals surface area contributed by atoms with Crippen LogP contribution in [0, 0.1) is 11.8 Å². The molecule has 0 saturated heterocycles. The van der Waals surface area contributed by atoms with Crippen LogP contribution in [0.25, 0.3) is 0 Å². The monoisotopic (exact) mass is 313 g/mol. The zero-order chi connectivity index (χ0) is 16.4. The van der Waals surface area contributed by atoms with E-state index in [0.717, 1.165) is 48.6 Å². The van der Waals surface area contributed by atoms with Crippen LogP contribution in [0.3, 0.4) is 0 Å². The van der Waals surface area contributed by atoms with E-state index in [1.165, 1.54) is 25.7 Å². The van der Waals surface area contributed by atoms with Crippen molar-refractivity contribution in [1.82, 2.24) is 0 Å². The Bertz CT molecular complexity index is 507. The fourth-order valence-electron chi connectivity index (χ4n) is 4.65. The zero-order valence-corrected chi connectivity index (χ0v) is 14.5. The first-order valence-electron chi connectivity index (χ1n) is 9.40. The molecule has 1 aromatic rings. The molecule has 0 N–H and O–H groups in total. The van der Waals surface area contributed by atoms with Gasteiger partial charge in [-0.1, -0.05) is 57.7 Å². The summed E-state index contributed by atoms with van der Waals surface area (Å²) in [6.45, 7) is 4.60. The van der Waals surface area contributed by atoms with Crippen LogP contribution in [0.15, 0.2) is 18.2 Å². The van der Waals surface area contributed by atoms with E-state index in [0.29, 0.717) is 17.4 Å². The standard InChI is InChI=1S/C21H30O2/c1-14-6-10-16(11-7-14)18-4-3-5-19(20(18)21(22)23)17-12-8-15(2)9-13-17/h3-5,14-17H,6-13H2,1-2H3,(H,22,23)/p-1. The first-order chi connectivity index (χ1) is 11.1. The van der Waals surface area contributed by atoms with E-state index >= 15 is 0 Å². The molecule has 2 fully saturated rings. The molecule has 126 valence electrons. The van der Waals surface area contributed by atoms with Gasteiger partial charge in [0.1, 0.15) is 0 Å². The fourth-order valence-corrected chi connectivity index (χ4v) is 4.65. The number of benzene rings is 1. The molecule has 23 heavy (non-hydrogen) atoms. The summed E-state index contributed by atoms with van der Waals surface area (Å²) in [5.74, 6) is 1.40. The van der Waals surface area contributed by atoms with Gasteiger partial charge in [-0.2, -0.15) is 0 Å². The Labute approximate surface area is 140 Å². The van der Waals surface area contributed by atoms with Gasteiger partial charge < -0.3 is 9.90 Å². The van der Waals surface area contributed by atoms with Crippen LogP contribution in [-0.4, -0.2) is 5.97 Å². The molecule has 2 nitrogen and oxygen atoms in total. The topological polar surface area (TPSA) is 40.1 Å². The van der Waals surface area contributed by atoms with Crippen molar-refractivity contribution in [3.8, 4) is 0 Å². The molecule has 0 unspecified atom stereocenters. The predicted octanol–water partition coefficient (Wildman–Crippen LogP) is 4.64. The maximum Gasteiger partial charge on any atom is 0.0721 e. The van der Waals surface area contributed by atoms with Crippen molar-refractivity contribution in [2.45, 2.75) is 77.0 Å². The number of carboxylic acid groups (broad SMARTS) is 1. The smallest absolute Gasteiger partial charge is 0.0721 e. The Morgan fingerprint density at radius 3 is 1.57 bits per heavy atom. The Kier molecular flexibility index (Phi) is 5.08. The van der Waals surface area contributed by atoms with Gasteiger partial charge in [0.2, 0.25) is 0 Å². The van der Waals surface area contributed by atoms with Gasteiger partial charge in [-0.3, -0.25) is 0 Å². The van der Waals surface area contributed by atoms with Crippen molar-refractivity contribution in [3.63, 3.8) is 0 Å². The van der Waals surface area contributed by atoms with E-state index in [1.54, 1.807) is 0 Å². The Hall–Kier alpha value is -1.31. The SMILES string of the molecule is CC1CCC(c2cccc(C3CCC(C)CC3)c2C(=O)[O-])CC1. The van der Waals surface area contributed by atoms with Crippen LogP contribution < -0.4 is 5.11 Å². The largest absolute Gasteiger partial charge is 0.545 e. The maximum atomic E-state index is 11.9. The molecule has 0 spiro atoms. The number of hydrogen-bond acceptors (Lipinski definition) is 2. The summed E-state index contributed by atoms with van der Waals surface area (Å²) in [4.78, 5) is 11.9. The van der Waals surface area contributed by atoms with Gasteiger partial charge in [-0.25, -0.2) is 0 Å². The van der Waals surface area contributed by atoms with Crippen LogP contribution in [0.2, 0.25) is 0 Å². The van der Waals surface area contributed by atoms with Crippen LogP contribution in [0.4, 0.5) is 0 Å². The Morgan fingerprint density at radius 1 is 0.826 bits per heavy atom. The molecule has 2 aliphatic carbocycles. The number of hydrogen-bond donors (Lipinski definition) is 0. The number of carboxylic acids is 1. The van der Waals surface area contributed by atoms with Gasteiger partial charge in [-0.15, -0.1) is 0 Å². The summed E-state index contributed by atoms with van der Waals surface area (Å²) in [5.41, 5.74) is 2.63. The third kappa shape index (κ3) is 3.62. The van der Waals surface area contributed by atoms with E-state index in [4.69, 9.17) is 0 Å². The van der Waals surface area contributed by atoms with Crippen LogP contribution in [0.5, 0.6) is 0 Å². The van der Waals surface area contributed by atoms with E-state index in [9.17, 15) is 9.90 Å². The maximum absolute atomic E-state index is 11.9. The van der Waals surface area contributed by atoms with Gasteiger partial charge in [0, 0.05) is 5.56 Å². The summed E-state index contributed by atoms with van der Waals surface area (Å²) in [6.07, 6.45) is 9.31. The molecule has 2 heteroatoms. The lowest BCUT2D eigenvalue weighted by atomic mass is 9.74. The first kappa shape index (κ1) is 16.5. The van der Waals surface area contributed by atoms with Crippen molar-refractivity contribution in [1.29, 1.82) is 0 Å². The van der Waals surface area contributed by atoms with E-state index < -0.39 is 5.97 Å². The van der Waals surface area contributed by atoms with Gasteiger partial charge in [0.05, 0.1) is 5.97 Å². The molecule has 0 heterocycles. The van der Waals surface area contributed by atoms with Crippen LogP contribution >= 0.6 is 0 Å². The third-order valence-electron chi connectivity index (χ3n) is 6.24. The van der Waals surface area contributed by atoms with Crippen molar-refractivity contribution in [2.75, 3.05) is 0 Å². The van der Waals surface area contributed by atoms with Gasteiger partial charge in [0.15, 0.2) is 0 Å². The molecule has 0 bridgehead atoms. The highest BCUT2D eigenvalue weighted by Crippen LogP contribution is 2.41. The first-order valence-corrected chi connectivity index (χ1v) is 9.40. The summed E-state index contributed by atoms with van der Waals surface area (Å²) >= 11 is 0. The molecule has 0 amide bonds. The van der Waals surface area contributed by atoms with Crippen LogP contribution in [-0.2, 0) is 0 Å². The molecular weight excluding hydrogens is 284 g/mol. The number of aromatic carboxylic acids is 1. The molecule has 2 saturated carbocycles. The third-order valence-corrected chi connectivity index (χ3v) is 6.24. The quantitative estimate of drug-likeness (QED) is 0.815. The molecular formula is C21H29O2-. The normalized spacial score (nSPS) is 31.7. The second-order valence-corrected chi connectivity index (χ2v) is 8.01. The minimum absolute atomic E-state index is 0.404. The molecule has 0 atom stereocenters. The summed E-state index contributed by atoms with van der Waals surface area (Å²) in [6, 6.07) is 6.16. The second kappa shape index (κ2) is 7.07. The molecule has 1 aromatic carbocycles. The molecule has 0 aliphatic heterocycles. The second-order valence-electron chi connectivity index (χ2n) is 8.01. The fraction of sp³-hybridized carbons (Fsp3) is 0.667. The average Bonchev–Trinajstić information content (AvgIpc) is 2.55. The number of carbonyl (C=O) groups excluding carboxylic acids is 1. The summed E-state index contributed by atoms with van der Waals surface area (Å²) in [7, 11) is 0. The number of rotatable bonds is 3. The van der Waals surface area contributed by atoms with Crippen LogP contribution in [0.1, 0.15) is 98.5 Å². The predicted molar refractivity (Wildman–Crippen MR) is 91.5 cm³/mol. The minimum Gasteiger partial charge on any atom is -0.545 e. The van der Waals surface area contributed by atoms with Gasteiger partial charge in [-0.05, 0) is 60.5 Å². The van der Waals surface area contributed by atoms with E-state index in [-0.39, 0.29) is 0 Å². The highest BCUT2D eigenvalue weighted by atomic mass is 16.4. The molecule has 3 rings (SSSR count). The van der Waals surface area contributed by atoms with E-state index in [1.807, 2.05) is 12.1 Å². The lowest BCUT2D eigenvalue weighted by molar-refractivity contribution is -0.255. The minimum atomic E-state index is -0.965. The van der Waals surface area contributed by atoms with Crippen molar-refractivity contribution in [3.05, 3.63) is 34.9 Å². The summed E-state index contributed by atoms with van der Waals surface area (Å²) < 4.78 is 0. The average molecular weight is 313 g/mol. The summed E-state index contributed by atoms with van der Waals surface area (Å²) in [5, 5.41) is 11.9. The molecule has 0 radical (unpaired) electrons. The van der Waals surface area contributed by atoms with E-state index in [2.05, 4.69) is 19.9 Å². The van der Waals surface area contributed by atoms with Gasteiger partial charge >= 0.3 is 0 Å². The van der Waals surface area contributed by atoms with Crippen molar-refractivity contribution >= 4 is 5.97 Å². The van der Waals surface area contributed by atoms with Gasteiger partial charge in [0.25, 0.3) is 0 Å². The Morgan fingerprint density at radius 2 is 1.22 bits per heavy atom. The number of carbonyl (C=O) groups is 1. The lowest BCUT2D eigenvalue weighted by Crippen LogP contribution is -2.28. The highest BCUT2D eigenvalue weighted by Gasteiger charge is 2.27. The zero-order valence-electron chi connectivity index (χ0n) is 14.5. The lowest BCUT2D eigenvalue weighted by Gasteiger charge is -2.32. The van der Waals surface area contributed by atoms with Crippen molar-refractivity contribution in [2.24, 2.45) is 11.8 Å². The molecule has 0 aromatic heterocycles.